The Bertz CT molecular complexity index is 2860. The number of aromatic nitrogens is 4. The fraction of sp³-hybridized carbons (Fsp3) is 0.0784. The van der Waals surface area contributed by atoms with E-state index in [0.717, 1.165) is 36.0 Å². The van der Waals surface area contributed by atoms with E-state index in [1.807, 2.05) is 48.2 Å². The van der Waals surface area contributed by atoms with Crippen molar-refractivity contribution in [2.45, 2.75) is 35.1 Å². The molecule has 56 heavy (non-hydrogen) atoms. The van der Waals surface area contributed by atoms with Gasteiger partial charge >= 0.3 is 0 Å². The second-order valence-corrected chi connectivity index (χ2v) is 15.7. The highest BCUT2D eigenvalue weighted by Crippen LogP contribution is 2.54. The Balaban J connectivity index is 1.05. The quantitative estimate of drug-likeness (QED) is 0.176. The van der Waals surface area contributed by atoms with Gasteiger partial charge in [-0.25, -0.2) is 15.0 Å². The summed E-state index contributed by atoms with van der Waals surface area (Å²) >= 11 is 1.88. The molecule has 0 saturated carbocycles. The van der Waals surface area contributed by atoms with Gasteiger partial charge in [0.05, 0.1) is 17.3 Å². The van der Waals surface area contributed by atoms with Gasteiger partial charge in [-0.2, -0.15) is 0 Å². The molecule has 0 amide bonds. The number of rotatable bonds is 5. The Morgan fingerprint density at radius 3 is 1.96 bits per heavy atom. The predicted octanol–water partition coefficient (Wildman–Crippen LogP) is 13.2. The lowest BCUT2D eigenvalue weighted by Crippen LogP contribution is -2.13. The summed E-state index contributed by atoms with van der Waals surface area (Å²) in [4.78, 5) is 17.6. The standard InChI is InChI=1S/C51H36N4S/c1-3-16-34(17-4-1)49-52-50(35-18-5-2-6-19-35)54-51(53-49)38-22-13-20-36(31-38)37-21-14-23-39(32-37)55-47-40-24-8-7-15-33(40)29-30-43(47)46-41-25-9-11-27-44(41)56-45-28-12-10-26-42(45)48(46)55/h1-7,9-23,25-31,39H,8,24,32H2. The molecule has 0 bridgehead atoms. The molecule has 1 aliphatic heterocycles. The molecule has 3 heterocycles. The van der Waals surface area contributed by atoms with E-state index >= 15 is 0 Å². The maximum atomic E-state index is 5.05. The first-order valence-electron chi connectivity index (χ1n) is 19.3. The van der Waals surface area contributed by atoms with Crippen molar-refractivity contribution in [3.05, 3.63) is 187 Å². The first-order valence-corrected chi connectivity index (χ1v) is 20.2. The SMILES string of the molecule is C1=CC(n2c3c(c4ccc5c(c42)CCC=C5)-c2ccccc2Sc2ccccc2-3)CC(c2cccc(-c3nc(-c4ccccc4)nc(-c4ccccc4)n3)c2)=C1. The summed E-state index contributed by atoms with van der Waals surface area (Å²) in [5, 5.41) is 1.34. The van der Waals surface area contributed by atoms with Crippen LogP contribution in [0.15, 0.2) is 180 Å². The molecule has 5 heteroatoms. The lowest BCUT2D eigenvalue weighted by molar-refractivity contribution is 0.640. The van der Waals surface area contributed by atoms with Crippen molar-refractivity contribution in [2.75, 3.05) is 0 Å². The third-order valence-electron chi connectivity index (χ3n) is 11.3. The second-order valence-electron chi connectivity index (χ2n) is 14.6. The van der Waals surface area contributed by atoms with Crippen LogP contribution in [0.5, 0.6) is 0 Å². The van der Waals surface area contributed by atoms with Gasteiger partial charge in [-0.1, -0.05) is 170 Å². The van der Waals surface area contributed by atoms with Gasteiger partial charge < -0.3 is 4.57 Å². The molecule has 3 aliphatic rings. The van der Waals surface area contributed by atoms with Gasteiger partial charge in [-0.05, 0) is 65.3 Å². The molecule has 0 N–H and O–H groups in total. The maximum absolute atomic E-state index is 5.05. The summed E-state index contributed by atoms with van der Waals surface area (Å²) < 4.78 is 2.70. The molecule has 266 valence electrons. The molecule has 2 aromatic heterocycles. The topological polar surface area (TPSA) is 43.6 Å². The van der Waals surface area contributed by atoms with E-state index in [2.05, 4.69) is 144 Å². The average molecular weight is 737 g/mol. The molecule has 8 aromatic rings. The summed E-state index contributed by atoms with van der Waals surface area (Å²) in [6, 6.07) is 51.8. The lowest BCUT2D eigenvalue weighted by atomic mass is 9.91. The first kappa shape index (κ1) is 32.8. The van der Waals surface area contributed by atoms with Crippen LogP contribution in [-0.4, -0.2) is 19.5 Å². The van der Waals surface area contributed by atoms with E-state index < -0.39 is 0 Å². The fourth-order valence-electron chi connectivity index (χ4n) is 8.69. The van der Waals surface area contributed by atoms with Crippen LogP contribution < -0.4 is 0 Å². The van der Waals surface area contributed by atoms with Gasteiger partial charge in [-0.15, -0.1) is 0 Å². The highest BCUT2D eigenvalue weighted by atomic mass is 32.2. The zero-order valence-corrected chi connectivity index (χ0v) is 31.5. The van der Waals surface area contributed by atoms with Crippen molar-refractivity contribution in [3.63, 3.8) is 0 Å². The fourth-order valence-corrected chi connectivity index (χ4v) is 9.78. The van der Waals surface area contributed by atoms with Crippen molar-refractivity contribution in [3.8, 4) is 56.5 Å². The molecule has 1 atom stereocenters. The van der Waals surface area contributed by atoms with Crippen LogP contribution in [0.2, 0.25) is 0 Å². The van der Waals surface area contributed by atoms with Crippen LogP contribution in [0.25, 0.3) is 79.1 Å². The minimum absolute atomic E-state index is 0.108. The Morgan fingerprint density at radius 2 is 1.21 bits per heavy atom. The zero-order valence-electron chi connectivity index (χ0n) is 30.6. The molecular formula is C51H36N4S. The van der Waals surface area contributed by atoms with Gasteiger partial charge in [0.15, 0.2) is 17.5 Å². The summed E-state index contributed by atoms with van der Waals surface area (Å²) in [6.45, 7) is 0. The van der Waals surface area contributed by atoms with Gasteiger partial charge in [0.2, 0.25) is 0 Å². The molecule has 0 spiro atoms. The molecule has 0 radical (unpaired) electrons. The molecule has 0 saturated heterocycles. The van der Waals surface area contributed by atoms with Crippen LogP contribution in [0.3, 0.4) is 0 Å². The number of hydrogen-bond donors (Lipinski definition) is 0. The van der Waals surface area contributed by atoms with E-state index in [-0.39, 0.29) is 6.04 Å². The number of benzene rings is 6. The number of fused-ring (bicyclic) bond motifs is 9. The highest BCUT2D eigenvalue weighted by Gasteiger charge is 2.32. The number of hydrogen-bond acceptors (Lipinski definition) is 4. The third kappa shape index (κ3) is 5.58. The summed E-state index contributed by atoms with van der Waals surface area (Å²) in [5.74, 6) is 1.99. The first-order chi connectivity index (χ1) is 27.8. The molecule has 11 rings (SSSR count). The van der Waals surface area contributed by atoms with E-state index in [9.17, 15) is 0 Å². The highest BCUT2D eigenvalue weighted by molar-refractivity contribution is 7.99. The van der Waals surface area contributed by atoms with Gasteiger partial charge in [0.25, 0.3) is 0 Å². The summed E-state index contributed by atoms with van der Waals surface area (Å²) in [6.07, 6.45) is 14.5. The number of allylic oxidation sites excluding steroid dienone is 5. The monoisotopic (exact) mass is 736 g/mol. The van der Waals surface area contributed by atoms with E-state index in [1.54, 1.807) is 0 Å². The van der Waals surface area contributed by atoms with Crippen molar-refractivity contribution < 1.29 is 0 Å². The minimum Gasteiger partial charge on any atom is -0.332 e. The molecule has 0 fully saturated rings. The normalized spacial score (nSPS) is 15.4. The Morgan fingerprint density at radius 1 is 0.589 bits per heavy atom. The zero-order chi connectivity index (χ0) is 37.0. The van der Waals surface area contributed by atoms with Crippen molar-refractivity contribution in [1.82, 2.24) is 19.5 Å². The summed E-state index contributed by atoms with van der Waals surface area (Å²) in [5.41, 5.74) is 14.8. The third-order valence-corrected chi connectivity index (χ3v) is 12.4. The smallest absolute Gasteiger partial charge is 0.164 e. The van der Waals surface area contributed by atoms with Gasteiger partial charge in [0, 0.05) is 43.0 Å². The number of nitrogens with zero attached hydrogens (tertiary/aromatic N) is 4. The van der Waals surface area contributed by atoms with Crippen molar-refractivity contribution in [1.29, 1.82) is 0 Å². The number of aryl methyl sites for hydroxylation is 1. The largest absolute Gasteiger partial charge is 0.332 e. The van der Waals surface area contributed by atoms with Crippen LogP contribution in [-0.2, 0) is 6.42 Å². The summed E-state index contributed by atoms with van der Waals surface area (Å²) in [7, 11) is 0. The van der Waals surface area contributed by atoms with Crippen molar-refractivity contribution >= 4 is 34.3 Å². The Hall–Kier alpha value is -6.56. The Labute approximate surface area is 330 Å². The average Bonchev–Trinajstić information content (AvgIpc) is 3.55. The molecule has 1 unspecified atom stereocenters. The molecule has 4 nitrogen and oxygen atoms in total. The van der Waals surface area contributed by atoms with Crippen LogP contribution in [0.4, 0.5) is 0 Å². The van der Waals surface area contributed by atoms with E-state index in [1.165, 1.54) is 65.3 Å². The minimum atomic E-state index is 0.108. The molecule has 6 aromatic carbocycles. The molecular weight excluding hydrogens is 701 g/mol. The van der Waals surface area contributed by atoms with Crippen molar-refractivity contribution in [2.24, 2.45) is 0 Å². The van der Waals surface area contributed by atoms with Crippen LogP contribution in [0.1, 0.15) is 35.6 Å². The lowest BCUT2D eigenvalue weighted by Gasteiger charge is -2.26. The maximum Gasteiger partial charge on any atom is 0.164 e. The van der Waals surface area contributed by atoms with E-state index in [4.69, 9.17) is 15.0 Å². The van der Waals surface area contributed by atoms with Crippen LogP contribution >= 0.6 is 11.8 Å². The van der Waals surface area contributed by atoms with Gasteiger partial charge in [-0.3, -0.25) is 0 Å². The Kier molecular flexibility index (Phi) is 7.99. The second kappa shape index (κ2) is 13.6. The van der Waals surface area contributed by atoms with Gasteiger partial charge in [0.1, 0.15) is 0 Å². The van der Waals surface area contributed by atoms with Crippen LogP contribution in [0, 0.1) is 0 Å². The van der Waals surface area contributed by atoms with E-state index in [0.29, 0.717) is 17.5 Å². The molecule has 2 aliphatic carbocycles. The predicted molar refractivity (Wildman–Crippen MR) is 231 cm³/mol.